The smallest absolute Gasteiger partial charge is 0.237 e. The van der Waals surface area contributed by atoms with Crippen LogP contribution in [0.1, 0.15) is 26.2 Å². The van der Waals surface area contributed by atoms with E-state index in [1.165, 1.54) is 0 Å². The van der Waals surface area contributed by atoms with E-state index in [2.05, 4.69) is 26.8 Å². The summed E-state index contributed by atoms with van der Waals surface area (Å²) in [5.74, 6) is 0.826. The molecule has 3 heterocycles. The molecule has 7 heteroatoms. The lowest BCUT2D eigenvalue weighted by molar-refractivity contribution is -0.137. The standard InChI is InChI=1S/C16H20N6O/c1-2-8-21(10-12-5-9-22(12)14(23)3-6-17)16-13-4-7-18-15(13)19-11-20-16/h4,7,11-12H,2-3,5,8-10H2,1H3,(H,18,19,20). The molecule has 0 aromatic carbocycles. The molecule has 1 unspecified atom stereocenters. The number of carbonyl (C=O) groups excluding carboxylic acids is 1. The number of hydrogen-bond acceptors (Lipinski definition) is 5. The van der Waals surface area contributed by atoms with Crippen LogP contribution in [0, 0.1) is 11.3 Å². The van der Waals surface area contributed by atoms with Crippen LogP contribution < -0.4 is 4.90 Å². The van der Waals surface area contributed by atoms with Gasteiger partial charge in [0.05, 0.1) is 17.5 Å². The first-order valence-corrected chi connectivity index (χ1v) is 7.94. The van der Waals surface area contributed by atoms with E-state index >= 15 is 0 Å². The first-order valence-electron chi connectivity index (χ1n) is 7.94. The normalized spacial score (nSPS) is 16.9. The number of carbonyl (C=O) groups is 1. The Labute approximate surface area is 134 Å². The highest BCUT2D eigenvalue weighted by atomic mass is 16.2. The second-order valence-electron chi connectivity index (χ2n) is 5.75. The number of nitrogens with zero attached hydrogens (tertiary/aromatic N) is 5. The van der Waals surface area contributed by atoms with Gasteiger partial charge < -0.3 is 14.8 Å². The van der Waals surface area contributed by atoms with Gasteiger partial charge in [0.2, 0.25) is 5.91 Å². The number of hydrogen-bond donors (Lipinski definition) is 1. The van der Waals surface area contributed by atoms with Gasteiger partial charge in [-0.2, -0.15) is 5.26 Å². The summed E-state index contributed by atoms with van der Waals surface area (Å²) in [6.45, 7) is 4.48. The molecule has 1 atom stereocenters. The van der Waals surface area contributed by atoms with Crippen molar-refractivity contribution in [1.82, 2.24) is 19.9 Å². The highest BCUT2D eigenvalue weighted by Gasteiger charge is 2.33. The molecule has 2 aromatic rings. The largest absolute Gasteiger partial charge is 0.354 e. The lowest BCUT2D eigenvalue weighted by Crippen LogP contribution is -2.56. The Balaban J connectivity index is 1.79. The zero-order chi connectivity index (χ0) is 16.2. The molecule has 3 rings (SSSR count). The van der Waals surface area contributed by atoms with Gasteiger partial charge in [0, 0.05) is 25.8 Å². The Hall–Kier alpha value is -2.62. The predicted octanol–water partition coefficient (Wildman–Crippen LogP) is 1.69. The average molecular weight is 312 g/mol. The third kappa shape index (κ3) is 2.97. The Morgan fingerprint density at radius 1 is 1.57 bits per heavy atom. The van der Waals surface area contributed by atoms with Gasteiger partial charge in [0.25, 0.3) is 0 Å². The number of rotatable bonds is 6. The van der Waals surface area contributed by atoms with Crippen molar-refractivity contribution in [2.45, 2.75) is 32.2 Å². The van der Waals surface area contributed by atoms with Crippen LogP contribution in [-0.4, -0.2) is 51.4 Å². The monoisotopic (exact) mass is 312 g/mol. The molecule has 1 N–H and O–H groups in total. The minimum Gasteiger partial charge on any atom is -0.354 e. The molecule has 1 fully saturated rings. The fourth-order valence-corrected chi connectivity index (χ4v) is 3.05. The summed E-state index contributed by atoms with van der Waals surface area (Å²) in [5, 5.41) is 9.70. The Morgan fingerprint density at radius 3 is 3.13 bits per heavy atom. The number of nitriles is 1. The van der Waals surface area contributed by atoms with Crippen LogP contribution in [0.25, 0.3) is 11.0 Å². The number of anilines is 1. The van der Waals surface area contributed by atoms with Gasteiger partial charge in [0.15, 0.2) is 0 Å². The summed E-state index contributed by atoms with van der Waals surface area (Å²) >= 11 is 0. The van der Waals surface area contributed by atoms with Gasteiger partial charge in [-0.1, -0.05) is 6.92 Å². The quantitative estimate of drug-likeness (QED) is 0.876. The number of aromatic amines is 1. The third-order valence-electron chi connectivity index (χ3n) is 4.25. The molecule has 0 spiro atoms. The summed E-state index contributed by atoms with van der Waals surface area (Å²) in [4.78, 5) is 27.8. The van der Waals surface area contributed by atoms with E-state index in [-0.39, 0.29) is 18.4 Å². The minimum absolute atomic E-state index is 0.0418. The second-order valence-corrected chi connectivity index (χ2v) is 5.75. The van der Waals surface area contributed by atoms with Crippen molar-refractivity contribution in [3.05, 3.63) is 18.6 Å². The molecule has 1 amide bonds. The number of nitrogens with one attached hydrogen (secondary N) is 1. The number of likely N-dealkylation sites (tertiary alicyclic amines) is 1. The van der Waals surface area contributed by atoms with Crippen LogP contribution >= 0.6 is 0 Å². The molecule has 0 aliphatic carbocycles. The van der Waals surface area contributed by atoms with E-state index in [1.54, 1.807) is 11.2 Å². The summed E-state index contributed by atoms with van der Waals surface area (Å²) in [7, 11) is 0. The number of amides is 1. The zero-order valence-corrected chi connectivity index (χ0v) is 13.2. The topological polar surface area (TPSA) is 88.9 Å². The SMILES string of the molecule is CCCN(CC1CCN1C(=O)CC#N)c1ncnc2[nH]ccc12. The Morgan fingerprint density at radius 2 is 2.43 bits per heavy atom. The van der Waals surface area contributed by atoms with E-state index in [0.717, 1.165) is 49.3 Å². The minimum atomic E-state index is -0.0744. The highest BCUT2D eigenvalue weighted by Crippen LogP contribution is 2.26. The maximum atomic E-state index is 11.9. The molecular weight excluding hydrogens is 292 g/mol. The molecule has 0 saturated carbocycles. The van der Waals surface area contributed by atoms with Crippen molar-refractivity contribution < 1.29 is 4.79 Å². The van der Waals surface area contributed by atoms with Crippen LogP contribution in [0.4, 0.5) is 5.82 Å². The van der Waals surface area contributed by atoms with Gasteiger partial charge in [-0.05, 0) is 18.9 Å². The van der Waals surface area contributed by atoms with Gasteiger partial charge >= 0.3 is 0 Å². The first-order chi connectivity index (χ1) is 11.2. The maximum absolute atomic E-state index is 11.9. The number of aromatic nitrogens is 3. The van der Waals surface area contributed by atoms with Crippen molar-refractivity contribution >= 4 is 22.8 Å². The predicted molar refractivity (Wildman–Crippen MR) is 86.7 cm³/mol. The summed E-state index contributed by atoms with van der Waals surface area (Å²) in [6, 6.07) is 4.08. The average Bonchev–Trinajstić information content (AvgIpc) is 2.99. The highest BCUT2D eigenvalue weighted by molar-refractivity contribution is 5.87. The zero-order valence-electron chi connectivity index (χ0n) is 13.2. The fraction of sp³-hybridized carbons (Fsp3) is 0.500. The Bertz CT molecular complexity index is 733. The molecule has 23 heavy (non-hydrogen) atoms. The molecule has 120 valence electrons. The lowest BCUT2D eigenvalue weighted by atomic mass is 10.0. The van der Waals surface area contributed by atoms with Crippen LogP contribution in [0.5, 0.6) is 0 Å². The molecule has 1 aliphatic rings. The van der Waals surface area contributed by atoms with Crippen molar-refractivity contribution in [1.29, 1.82) is 5.26 Å². The second kappa shape index (κ2) is 6.65. The molecular formula is C16H20N6O. The van der Waals surface area contributed by atoms with Crippen LogP contribution in [-0.2, 0) is 4.79 Å². The van der Waals surface area contributed by atoms with E-state index in [0.29, 0.717) is 0 Å². The van der Waals surface area contributed by atoms with Crippen molar-refractivity contribution in [3.8, 4) is 6.07 Å². The molecule has 0 radical (unpaired) electrons. The van der Waals surface area contributed by atoms with Crippen molar-refractivity contribution in [2.75, 3.05) is 24.5 Å². The van der Waals surface area contributed by atoms with E-state index < -0.39 is 0 Å². The number of fused-ring (bicyclic) bond motifs is 1. The molecule has 0 bridgehead atoms. The van der Waals surface area contributed by atoms with Crippen LogP contribution in [0.3, 0.4) is 0 Å². The third-order valence-corrected chi connectivity index (χ3v) is 4.25. The van der Waals surface area contributed by atoms with Crippen LogP contribution in [0.15, 0.2) is 18.6 Å². The summed E-state index contributed by atoms with van der Waals surface area (Å²) in [5.41, 5.74) is 0.821. The molecule has 1 saturated heterocycles. The Kier molecular flexibility index (Phi) is 4.42. The van der Waals surface area contributed by atoms with Gasteiger partial charge in [-0.3, -0.25) is 4.79 Å². The number of H-pyrrole nitrogens is 1. The molecule has 1 aliphatic heterocycles. The van der Waals surface area contributed by atoms with E-state index in [4.69, 9.17) is 5.26 Å². The van der Waals surface area contributed by atoms with Crippen LogP contribution in [0.2, 0.25) is 0 Å². The maximum Gasteiger partial charge on any atom is 0.237 e. The van der Waals surface area contributed by atoms with Gasteiger partial charge in [-0.25, -0.2) is 9.97 Å². The van der Waals surface area contributed by atoms with Gasteiger partial charge in [0.1, 0.15) is 24.2 Å². The van der Waals surface area contributed by atoms with Gasteiger partial charge in [-0.15, -0.1) is 0 Å². The first kappa shape index (κ1) is 15.3. The fourth-order valence-electron chi connectivity index (χ4n) is 3.05. The summed E-state index contributed by atoms with van der Waals surface area (Å²) in [6.07, 6.45) is 5.35. The molecule has 2 aromatic heterocycles. The van der Waals surface area contributed by atoms with Crippen molar-refractivity contribution in [2.24, 2.45) is 0 Å². The molecule has 7 nitrogen and oxygen atoms in total. The summed E-state index contributed by atoms with van der Waals surface area (Å²) < 4.78 is 0. The van der Waals surface area contributed by atoms with Crippen molar-refractivity contribution in [3.63, 3.8) is 0 Å². The lowest BCUT2D eigenvalue weighted by Gasteiger charge is -2.43. The van der Waals surface area contributed by atoms with E-state index in [9.17, 15) is 4.79 Å². The van der Waals surface area contributed by atoms with E-state index in [1.807, 2.05) is 18.3 Å².